The van der Waals surface area contributed by atoms with E-state index in [4.69, 9.17) is 14.2 Å². The number of nitrogens with one attached hydrogen (secondary N) is 2. The molecule has 0 radical (unpaired) electrons. The number of rotatable bonds is 14. The molecule has 7 heteroatoms. The number of unbranched alkanes of at least 4 members (excludes halogenated alkanes) is 1. The third kappa shape index (κ3) is 14.0. The van der Waals surface area contributed by atoms with Gasteiger partial charge in [-0.2, -0.15) is 0 Å². The normalized spacial score (nSPS) is 11.2. The molecule has 0 saturated carbocycles. The zero-order valence-electron chi connectivity index (χ0n) is 17.8. The zero-order chi connectivity index (χ0) is 19.7. The number of hydrogen-bond donors (Lipinski definition) is 2. The Bertz CT molecular complexity index is 510. The summed E-state index contributed by atoms with van der Waals surface area (Å²) < 4.78 is 16.7. The summed E-state index contributed by atoms with van der Waals surface area (Å²) in [6.07, 6.45) is 2.45. The molecule has 0 saturated heterocycles. The van der Waals surface area contributed by atoms with E-state index in [1.54, 1.807) is 0 Å². The van der Waals surface area contributed by atoms with Gasteiger partial charge in [0.1, 0.15) is 5.75 Å². The van der Waals surface area contributed by atoms with Crippen LogP contribution in [0.25, 0.3) is 0 Å². The molecule has 0 amide bonds. The van der Waals surface area contributed by atoms with Crippen molar-refractivity contribution in [1.82, 2.24) is 10.6 Å². The summed E-state index contributed by atoms with van der Waals surface area (Å²) in [7, 11) is 0. The van der Waals surface area contributed by atoms with E-state index >= 15 is 0 Å². The van der Waals surface area contributed by atoms with Gasteiger partial charge in [-0.1, -0.05) is 25.5 Å². The first kappa shape index (κ1) is 26.9. The molecule has 0 heterocycles. The van der Waals surface area contributed by atoms with Crippen molar-refractivity contribution in [2.24, 2.45) is 4.99 Å². The Kier molecular flexibility index (Phi) is 17.3. The fourth-order valence-corrected chi connectivity index (χ4v) is 2.27. The van der Waals surface area contributed by atoms with Gasteiger partial charge in [0.2, 0.25) is 0 Å². The molecule has 0 unspecified atom stereocenters. The molecular weight excluding hydrogens is 469 g/mol. The third-order valence-corrected chi connectivity index (χ3v) is 3.61. The molecule has 0 aliphatic carbocycles. The molecule has 0 aliphatic heterocycles. The van der Waals surface area contributed by atoms with Crippen LogP contribution >= 0.6 is 24.0 Å². The molecule has 0 fully saturated rings. The summed E-state index contributed by atoms with van der Waals surface area (Å²) in [5, 5.41) is 6.54. The lowest BCUT2D eigenvalue weighted by Crippen LogP contribution is -2.39. The van der Waals surface area contributed by atoms with Crippen LogP contribution in [0.15, 0.2) is 29.3 Å². The fourth-order valence-electron chi connectivity index (χ4n) is 2.27. The second-order valence-electron chi connectivity index (χ2n) is 6.51. The number of ether oxygens (including phenoxy) is 3. The molecular formula is C21H38IN3O3. The first-order valence-corrected chi connectivity index (χ1v) is 10.1. The Balaban J connectivity index is 0.00000729. The Morgan fingerprint density at radius 1 is 0.964 bits per heavy atom. The zero-order valence-corrected chi connectivity index (χ0v) is 20.2. The maximum Gasteiger partial charge on any atom is 0.191 e. The summed E-state index contributed by atoms with van der Waals surface area (Å²) in [4.78, 5) is 4.62. The van der Waals surface area contributed by atoms with Crippen LogP contribution in [0.2, 0.25) is 0 Å². The second-order valence-corrected chi connectivity index (χ2v) is 6.51. The van der Waals surface area contributed by atoms with Crippen molar-refractivity contribution in [3.8, 4) is 5.75 Å². The highest BCUT2D eigenvalue weighted by atomic mass is 127. The van der Waals surface area contributed by atoms with Gasteiger partial charge >= 0.3 is 0 Å². The van der Waals surface area contributed by atoms with Crippen molar-refractivity contribution >= 4 is 29.9 Å². The highest BCUT2D eigenvalue weighted by Crippen LogP contribution is 2.14. The van der Waals surface area contributed by atoms with Gasteiger partial charge in [0.05, 0.1) is 32.5 Å². The van der Waals surface area contributed by atoms with E-state index in [9.17, 15) is 0 Å². The minimum Gasteiger partial charge on any atom is -0.491 e. The highest BCUT2D eigenvalue weighted by Gasteiger charge is 2.00. The number of benzene rings is 1. The van der Waals surface area contributed by atoms with Crippen LogP contribution in [-0.2, 0) is 16.0 Å². The molecule has 2 N–H and O–H groups in total. The lowest BCUT2D eigenvalue weighted by atomic mass is 10.2. The van der Waals surface area contributed by atoms with Gasteiger partial charge in [0.15, 0.2) is 5.96 Å². The Morgan fingerprint density at radius 2 is 1.64 bits per heavy atom. The highest BCUT2D eigenvalue weighted by molar-refractivity contribution is 14.0. The lowest BCUT2D eigenvalue weighted by Gasteiger charge is -2.12. The largest absolute Gasteiger partial charge is 0.491 e. The van der Waals surface area contributed by atoms with Gasteiger partial charge in [-0.3, -0.25) is 0 Å². The van der Waals surface area contributed by atoms with Gasteiger partial charge in [-0.05, 0) is 44.9 Å². The van der Waals surface area contributed by atoms with Gasteiger partial charge in [0.25, 0.3) is 0 Å². The van der Waals surface area contributed by atoms with E-state index < -0.39 is 0 Å². The molecule has 0 aliphatic rings. The van der Waals surface area contributed by atoms with Crippen molar-refractivity contribution in [2.75, 3.05) is 39.5 Å². The van der Waals surface area contributed by atoms with Crippen molar-refractivity contribution in [3.63, 3.8) is 0 Å². The lowest BCUT2D eigenvalue weighted by molar-refractivity contribution is 0.0487. The number of aliphatic imine (C=N–C) groups is 1. The molecule has 1 rings (SSSR count). The molecule has 0 atom stereocenters. The van der Waals surface area contributed by atoms with E-state index in [-0.39, 0.29) is 30.1 Å². The Labute approximate surface area is 187 Å². The molecule has 162 valence electrons. The fraction of sp³-hybridized carbons (Fsp3) is 0.667. The van der Waals surface area contributed by atoms with Crippen molar-refractivity contribution < 1.29 is 14.2 Å². The van der Waals surface area contributed by atoms with Gasteiger partial charge < -0.3 is 24.8 Å². The summed E-state index contributed by atoms with van der Waals surface area (Å²) >= 11 is 0. The van der Waals surface area contributed by atoms with Gasteiger partial charge in [0, 0.05) is 19.7 Å². The minimum atomic E-state index is 0. The Hall–Kier alpha value is -1.06. The molecule has 0 aromatic heterocycles. The number of nitrogens with zero attached hydrogens (tertiary/aromatic N) is 1. The van der Waals surface area contributed by atoms with E-state index in [1.165, 1.54) is 0 Å². The van der Waals surface area contributed by atoms with Gasteiger partial charge in [-0.25, -0.2) is 4.99 Å². The average Bonchev–Trinajstić information content (AvgIpc) is 2.65. The molecule has 0 bridgehead atoms. The SMILES string of the molecule is CCCCOCCOCCNC(=NCc1ccc(OC(C)C)cc1)NCC.I. The summed E-state index contributed by atoms with van der Waals surface area (Å²) in [6.45, 7) is 13.1. The Morgan fingerprint density at radius 3 is 2.25 bits per heavy atom. The molecule has 1 aromatic carbocycles. The second kappa shape index (κ2) is 18.0. The molecule has 1 aromatic rings. The van der Waals surface area contributed by atoms with Crippen LogP contribution in [0.1, 0.15) is 46.1 Å². The summed E-state index contributed by atoms with van der Waals surface area (Å²) in [5.74, 6) is 1.68. The first-order chi connectivity index (χ1) is 13.2. The maximum atomic E-state index is 5.66. The van der Waals surface area contributed by atoms with E-state index in [0.29, 0.717) is 32.9 Å². The van der Waals surface area contributed by atoms with Crippen molar-refractivity contribution in [3.05, 3.63) is 29.8 Å². The van der Waals surface area contributed by atoms with Crippen LogP contribution in [-0.4, -0.2) is 51.6 Å². The van der Waals surface area contributed by atoms with Crippen molar-refractivity contribution in [2.45, 2.75) is 53.2 Å². The van der Waals surface area contributed by atoms with Crippen molar-refractivity contribution in [1.29, 1.82) is 0 Å². The van der Waals surface area contributed by atoms with Crippen LogP contribution in [0, 0.1) is 0 Å². The van der Waals surface area contributed by atoms with Crippen LogP contribution in [0.4, 0.5) is 0 Å². The standard InChI is InChI=1S/C21H37N3O3.HI/c1-5-7-13-25-15-16-26-14-12-23-21(22-6-2)24-17-19-8-10-20(11-9-19)27-18(3)4;/h8-11,18H,5-7,12-17H2,1-4H3,(H2,22,23,24);1H. The van der Waals surface area contributed by atoms with Crippen LogP contribution in [0.3, 0.4) is 0 Å². The van der Waals surface area contributed by atoms with Gasteiger partial charge in [-0.15, -0.1) is 24.0 Å². The average molecular weight is 507 g/mol. The summed E-state index contributed by atoms with van der Waals surface area (Å²) in [5.41, 5.74) is 1.14. The topological polar surface area (TPSA) is 64.1 Å². The van der Waals surface area contributed by atoms with Crippen LogP contribution < -0.4 is 15.4 Å². The summed E-state index contributed by atoms with van der Waals surface area (Å²) in [6, 6.07) is 8.07. The number of halogens is 1. The third-order valence-electron chi connectivity index (χ3n) is 3.61. The smallest absolute Gasteiger partial charge is 0.191 e. The maximum absolute atomic E-state index is 5.66. The van der Waals surface area contributed by atoms with E-state index in [1.807, 2.05) is 38.1 Å². The van der Waals surface area contributed by atoms with Crippen LogP contribution in [0.5, 0.6) is 5.75 Å². The molecule has 0 spiro atoms. The first-order valence-electron chi connectivity index (χ1n) is 10.1. The molecule has 28 heavy (non-hydrogen) atoms. The number of hydrogen-bond acceptors (Lipinski definition) is 4. The molecule has 6 nitrogen and oxygen atoms in total. The minimum absolute atomic E-state index is 0. The number of guanidine groups is 1. The van der Waals surface area contributed by atoms with E-state index in [0.717, 1.165) is 43.3 Å². The predicted molar refractivity (Wildman–Crippen MR) is 127 cm³/mol. The quantitative estimate of drug-likeness (QED) is 0.173. The predicted octanol–water partition coefficient (Wildman–Crippen LogP) is 3.98. The monoisotopic (exact) mass is 507 g/mol. The van der Waals surface area contributed by atoms with E-state index in [2.05, 4.69) is 29.5 Å².